The van der Waals surface area contributed by atoms with Crippen LogP contribution in [0.4, 0.5) is 0 Å². The van der Waals surface area contributed by atoms with Gasteiger partial charge < -0.3 is 14.3 Å². The van der Waals surface area contributed by atoms with E-state index in [2.05, 4.69) is 34.0 Å². The zero-order chi connectivity index (χ0) is 12.8. The van der Waals surface area contributed by atoms with Gasteiger partial charge in [0.2, 0.25) is 0 Å². The molecule has 3 heteroatoms. The minimum absolute atomic E-state index is 0.305. The highest BCUT2D eigenvalue weighted by Crippen LogP contribution is 2.42. The summed E-state index contributed by atoms with van der Waals surface area (Å²) in [5, 5.41) is 10.2. The van der Waals surface area contributed by atoms with Crippen LogP contribution in [0.2, 0.25) is 0 Å². The molecule has 0 saturated heterocycles. The average molecular weight is 236 g/mol. The fraction of sp³-hybridized carbons (Fsp3) is 0.571. The van der Waals surface area contributed by atoms with Gasteiger partial charge in [-0.2, -0.15) is 0 Å². The number of hydrogen-bond donors (Lipinski definition) is 1. The third kappa shape index (κ3) is 1.78. The number of rotatable bonds is 1. The second-order valence-corrected chi connectivity index (χ2v) is 5.58. The molecule has 1 aromatic carbocycles. The minimum atomic E-state index is 0.305. The van der Waals surface area contributed by atoms with Crippen LogP contribution in [0.25, 0.3) is 0 Å². The molecule has 0 radical (unpaired) electrons. The smallest absolute Gasteiger partial charge is 0.128 e. The van der Waals surface area contributed by atoms with E-state index in [-0.39, 0.29) is 0 Å². The van der Waals surface area contributed by atoms with Crippen molar-refractivity contribution >= 4 is 0 Å². The Bertz CT molecular complexity index is 440. The van der Waals surface area contributed by atoms with Crippen LogP contribution in [-0.2, 0) is 6.42 Å². The van der Waals surface area contributed by atoms with Crippen LogP contribution < -0.4 is 4.74 Å². The number of hydrogen-bond acceptors (Lipinski definition) is 2. The summed E-state index contributed by atoms with van der Waals surface area (Å²) in [4.78, 5) is 0. The van der Waals surface area contributed by atoms with Crippen molar-refractivity contribution in [1.29, 1.82) is 0 Å². The van der Waals surface area contributed by atoms with Crippen molar-refractivity contribution in [3.63, 3.8) is 0 Å². The molecule has 3 nitrogen and oxygen atoms in total. The predicted octanol–water partition coefficient (Wildman–Crippen LogP) is 2.48. The highest BCUT2D eigenvalue weighted by Gasteiger charge is 2.39. The van der Waals surface area contributed by atoms with Gasteiger partial charge in [0, 0.05) is 12.5 Å². The molecule has 17 heavy (non-hydrogen) atoms. The number of phenols is 1. The monoisotopic (exact) mass is 236 g/mol. The third-order valence-corrected chi connectivity index (χ3v) is 4.52. The van der Waals surface area contributed by atoms with Gasteiger partial charge in [0.25, 0.3) is 0 Å². The van der Waals surface area contributed by atoms with Gasteiger partial charge in [-0.15, -0.1) is 0 Å². The molecule has 0 spiro atoms. The molecule has 0 saturated carbocycles. The fourth-order valence-electron chi connectivity index (χ4n) is 2.71. The van der Waals surface area contributed by atoms with Gasteiger partial charge in [0.15, 0.2) is 0 Å². The molecule has 2 atom stereocenters. The molecule has 1 aliphatic heterocycles. The van der Waals surface area contributed by atoms with E-state index in [0.29, 0.717) is 17.8 Å². The number of benzene rings is 1. The molecule has 0 aromatic heterocycles. The molecule has 0 aliphatic carbocycles. The lowest BCUT2D eigenvalue weighted by Crippen LogP contribution is -2.52. The van der Waals surface area contributed by atoms with Crippen molar-refractivity contribution in [3.05, 3.63) is 23.3 Å². The van der Waals surface area contributed by atoms with E-state index in [1.54, 1.807) is 13.2 Å². The molecule has 1 N–H and O–H groups in total. The van der Waals surface area contributed by atoms with Crippen LogP contribution in [0.15, 0.2) is 12.1 Å². The number of ether oxygens (including phenoxy) is 1. The van der Waals surface area contributed by atoms with Crippen molar-refractivity contribution in [2.45, 2.75) is 32.4 Å². The summed E-state index contributed by atoms with van der Waals surface area (Å²) in [5.74, 6) is 1.11. The van der Waals surface area contributed by atoms with Gasteiger partial charge >= 0.3 is 0 Å². The lowest BCUT2D eigenvalue weighted by Gasteiger charge is -2.46. The Hall–Kier alpha value is -1.22. The quantitative estimate of drug-likeness (QED) is 0.759. The lowest BCUT2D eigenvalue weighted by atomic mass is 9.87. The summed E-state index contributed by atoms with van der Waals surface area (Å²) in [6.45, 7) is 4.44. The predicted molar refractivity (Wildman–Crippen MR) is 68.3 cm³/mol. The number of methoxy groups -OCH3 is 1. The van der Waals surface area contributed by atoms with Crippen LogP contribution in [0.3, 0.4) is 0 Å². The van der Waals surface area contributed by atoms with Gasteiger partial charge in [-0.25, -0.2) is 0 Å². The molecule has 1 aromatic rings. The van der Waals surface area contributed by atoms with Crippen LogP contribution in [-0.4, -0.2) is 36.8 Å². The summed E-state index contributed by atoms with van der Waals surface area (Å²) in [6.07, 6.45) is 0.984. The normalized spacial score (nSPS) is 26.4. The van der Waals surface area contributed by atoms with E-state index in [4.69, 9.17) is 4.74 Å². The minimum Gasteiger partial charge on any atom is -0.507 e. The number of fused-ring (bicyclic) bond motifs is 1. The van der Waals surface area contributed by atoms with Crippen molar-refractivity contribution < 1.29 is 14.3 Å². The molecule has 2 rings (SSSR count). The van der Waals surface area contributed by atoms with Crippen molar-refractivity contribution in [3.8, 4) is 11.5 Å². The van der Waals surface area contributed by atoms with Crippen LogP contribution in [0, 0.1) is 0 Å². The highest BCUT2D eigenvalue weighted by atomic mass is 16.5. The summed E-state index contributed by atoms with van der Waals surface area (Å²) >= 11 is 0. The Balaban J connectivity index is 2.57. The Kier molecular flexibility index (Phi) is 2.82. The maximum atomic E-state index is 10.2. The molecule has 0 unspecified atom stereocenters. The first-order chi connectivity index (χ1) is 7.87. The van der Waals surface area contributed by atoms with E-state index >= 15 is 0 Å². The van der Waals surface area contributed by atoms with Gasteiger partial charge in [-0.05, 0) is 25.5 Å². The fourth-order valence-corrected chi connectivity index (χ4v) is 2.71. The van der Waals surface area contributed by atoms with E-state index < -0.39 is 0 Å². The van der Waals surface area contributed by atoms with Crippen molar-refractivity contribution in [1.82, 2.24) is 0 Å². The first-order valence-corrected chi connectivity index (χ1v) is 6.11. The molecule has 1 heterocycles. The Morgan fingerprint density at radius 2 is 1.94 bits per heavy atom. The zero-order valence-electron chi connectivity index (χ0n) is 11.3. The Morgan fingerprint density at radius 1 is 1.29 bits per heavy atom. The maximum absolute atomic E-state index is 10.2. The summed E-state index contributed by atoms with van der Waals surface area (Å²) < 4.78 is 6.13. The number of likely N-dealkylation sites (N-methyl/N-ethyl adjacent to an activating group) is 1. The van der Waals surface area contributed by atoms with Gasteiger partial charge in [-0.3, -0.25) is 0 Å². The molecule has 1 aliphatic rings. The van der Waals surface area contributed by atoms with Gasteiger partial charge in [-0.1, -0.05) is 0 Å². The van der Waals surface area contributed by atoms with E-state index in [0.717, 1.165) is 22.2 Å². The first kappa shape index (κ1) is 12.2. The Morgan fingerprint density at radius 3 is 2.53 bits per heavy atom. The van der Waals surface area contributed by atoms with Gasteiger partial charge in [0.05, 0.1) is 32.8 Å². The number of quaternary nitrogens is 1. The lowest BCUT2D eigenvalue weighted by molar-refractivity contribution is -0.943. The van der Waals surface area contributed by atoms with Crippen LogP contribution in [0.1, 0.15) is 31.0 Å². The summed E-state index contributed by atoms with van der Waals surface area (Å²) in [5.41, 5.74) is 2.30. The first-order valence-electron chi connectivity index (χ1n) is 6.11. The standard InChI is InChI=1S/C14H21NO2/c1-9-6-11-7-12(17-5)8-13(16)14(11)10(2)15(9,3)4/h7-10H,6H2,1-5H3/p+1/t9-,10-/m0/s1. The second-order valence-electron chi connectivity index (χ2n) is 5.58. The number of nitrogens with zero attached hydrogens (tertiary/aromatic N) is 1. The Labute approximate surface area is 103 Å². The molecule has 0 bridgehead atoms. The largest absolute Gasteiger partial charge is 0.507 e. The second kappa shape index (κ2) is 3.91. The number of phenolic OH excluding ortho intramolecular Hbond substituents is 1. The van der Waals surface area contributed by atoms with Crippen LogP contribution >= 0.6 is 0 Å². The summed E-state index contributed by atoms with van der Waals surface area (Å²) in [7, 11) is 6.08. The highest BCUT2D eigenvalue weighted by molar-refractivity contribution is 5.48. The maximum Gasteiger partial charge on any atom is 0.128 e. The molecular weight excluding hydrogens is 214 g/mol. The topological polar surface area (TPSA) is 29.5 Å². The van der Waals surface area contributed by atoms with Crippen LogP contribution in [0.5, 0.6) is 11.5 Å². The molecule has 0 amide bonds. The van der Waals surface area contributed by atoms with Crippen molar-refractivity contribution in [2.24, 2.45) is 0 Å². The molecule has 0 fully saturated rings. The number of aromatic hydroxyl groups is 1. The third-order valence-electron chi connectivity index (χ3n) is 4.52. The van der Waals surface area contributed by atoms with E-state index in [1.807, 2.05) is 0 Å². The molecular formula is C14H22NO2+. The SMILES string of the molecule is COc1cc(O)c2c(c1)C[C@H](C)[N+](C)(C)[C@H]2C. The summed E-state index contributed by atoms with van der Waals surface area (Å²) in [6, 6.07) is 4.62. The van der Waals surface area contributed by atoms with E-state index in [1.165, 1.54) is 5.56 Å². The van der Waals surface area contributed by atoms with E-state index in [9.17, 15) is 5.11 Å². The average Bonchev–Trinajstić information content (AvgIpc) is 2.26. The van der Waals surface area contributed by atoms with Crippen molar-refractivity contribution in [2.75, 3.05) is 21.2 Å². The zero-order valence-corrected chi connectivity index (χ0v) is 11.3. The molecule has 94 valence electrons. The van der Waals surface area contributed by atoms with Gasteiger partial charge in [0.1, 0.15) is 17.5 Å².